The second kappa shape index (κ2) is 13.0. The Balaban J connectivity index is 0.000000124. The zero-order valence-electron chi connectivity index (χ0n) is 23.9. The van der Waals surface area contributed by atoms with Crippen molar-refractivity contribution in [3.63, 3.8) is 0 Å². The molecular formula is C32H38BBrN2O2S2. The largest absolute Gasteiger partial charge is 0.490 e. The molecule has 4 nitrogen and oxygen atoms in total. The Kier molecular flexibility index (Phi) is 9.63. The van der Waals surface area contributed by atoms with E-state index in [0.717, 1.165) is 21.4 Å². The molecule has 0 radical (unpaired) electrons. The molecule has 0 bridgehead atoms. The number of hydrogen-bond acceptors (Lipinski definition) is 6. The van der Waals surface area contributed by atoms with Gasteiger partial charge in [-0.25, -0.2) is 9.97 Å². The molecule has 0 N–H and O–H groups in total. The van der Waals surface area contributed by atoms with Gasteiger partial charge in [0.15, 0.2) is 3.92 Å². The predicted molar refractivity (Wildman–Crippen MR) is 176 cm³/mol. The molecule has 210 valence electrons. The molecule has 0 atom stereocenters. The van der Waals surface area contributed by atoms with E-state index in [1.54, 1.807) is 11.3 Å². The van der Waals surface area contributed by atoms with Crippen LogP contribution in [0.5, 0.6) is 0 Å². The summed E-state index contributed by atoms with van der Waals surface area (Å²) < 4.78 is 15.5. The van der Waals surface area contributed by atoms with Crippen molar-refractivity contribution >= 4 is 71.7 Å². The number of allylic oxidation sites excluding steroid dienone is 4. The third kappa shape index (κ3) is 7.14. The van der Waals surface area contributed by atoms with Crippen LogP contribution in [-0.2, 0) is 9.31 Å². The lowest BCUT2D eigenvalue weighted by Gasteiger charge is -2.32. The van der Waals surface area contributed by atoms with Crippen molar-refractivity contribution in [1.29, 1.82) is 0 Å². The van der Waals surface area contributed by atoms with Gasteiger partial charge in [0.1, 0.15) is 5.01 Å². The Labute approximate surface area is 255 Å². The van der Waals surface area contributed by atoms with Gasteiger partial charge in [-0.1, -0.05) is 36.4 Å². The molecule has 8 heteroatoms. The van der Waals surface area contributed by atoms with Crippen LogP contribution >= 0.6 is 38.6 Å². The maximum atomic E-state index is 6.01. The third-order valence-corrected chi connectivity index (χ3v) is 10.6. The van der Waals surface area contributed by atoms with Crippen LogP contribution in [0.25, 0.3) is 26.0 Å². The van der Waals surface area contributed by atoms with Crippen LogP contribution in [0.3, 0.4) is 0 Å². The van der Waals surface area contributed by atoms with Crippen molar-refractivity contribution in [2.75, 3.05) is 0 Å². The number of para-hydroxylation sites is 2. The highest BCUT2D eigenvalue weighted by molar-refractivity contribution is 9.11. The Morgan fingerprint density at radius 1 is 0.725 bits per heavy atom. The van der Waals surface area contributed by atoms with Gasteiger partial charge in [0.25, 0.3) is 0 Å². The highest BCUT2D eigenvalue weighted by atomic mass is 79.9. The van der Waals surface area contributed by atoms with Gasteiger partial charge in [0, 0.05) is 0 Å². The van der Waals surface area contributed by atoms with Crippen LogP contribution in [-0.4, -0.2) is 28.3 Å². The fourth-order valence-electron chi connectivity index (χ4n) is 4.96. The summed E-state index contributed by atoms with van der Waals surface area (Å²) in [5, 5.41) is 1.23. The number of rotatable bonds is 2. The van der Waals surface area contributed by atoms with Crippen molar-refractivity contribution in [2.45, 2.75) is 90.3 Å². The van der Waals surface area contributed by atoms with Crippen molar-refractivity contribution in [2.24, 2.45) is 0 Å². The van der Waals surface area contributed by atoms with Crippen LogP contribution in [0, 0.1) is 0 Å². The molecule has 40 heavy (non-hydrogen) atoms. The Morgan fingerprint density at radius 3 is 1.85 bits per heavy atom. The molecule has 1 saturated heterocycles. The summed E-state index contributed by atoms with van der Waals surface area (Å²) in [5.74, 6) is 0. The molecule has 7 rings (SSSR count). The molecule has 2 aromatic heterocycles. The average Bonchev–Trinajstić information content (AvgIpc) is 3.62. The quantitative estimate of drug-likeness (QED) is 0.205. The molecule has 0 amide bonds. The summed E-state index contributed by atoms with van der Waals surface area (Å²) in [6.45, 7) is 8.43. The molecule has 1 fully saturated rings. The van der Waals surface area contributed by atoms with Crippen molar-refractivity contribution in [3.05, 3.63) is 75.1 Å². The minimum absolute atomic E-state index is 0.102. The number of hydrogen-bond donors (Lipinski definition) is 0. The molecule has 3 heterocycles. The molecule has 1 aliphatic heterocycles. The lowest BCUT2D eigenvalue weighted by atomic mass is 9.73. The first kappa shape index (κ1) is 29.7. The molecular weight excluding hydrogens is 599 g/mol. The summed E-state index contributed by atoms with van der Waals surface area (Å²) in [5.41, 5.74) is 4.62. The molecule has 2 aromatic carbocycles. The van der Waals surface area contributed by atoms with E-state index in [-0.39, 0.29) is 18.3 Å². The monoisotopic (exact) mass is 636 g/mol. The van der Waals surface area contributed by atoms with Crippen LogP contribution in [0.4, 0.5) is 0 Å². The summed E-state index contributed by atoms with van der Waals surface area (Å²) in [7, 11) is -0.102. The fourth-order valence-corrected chi connectivity index (χ4v) is 7.40. The summed E-state index contributed by atoms with van der Waals surface area (Å²) in [6, 6.07) is 16.5. The Hall–Kier alpha value is -1.84. The van der Waals surface area contributed by atoms with Crippen molar-refractivity contribution in [3.8, 4) is 0 Å². The molecule has 2 aliphatic carbocycles. The molecule has 0 spiro atoms. The minimum atomic E-state index is -0.198. The molecule has 0 saturated carbocycles. The van der Waals surface area contributed by atoms with E-state index in [1.165, 1.54) is 70.4 Å². The Morgan fingerprint density at radius 2 is 1.30 bits per heavy atom. The first-order chi connectivity index (χ1) is 19.2. The minimum Gasteiger partial charge on any atom is -0.400 e. The first-order valence-corrected chi connectivity index (χ1v) is 16.7. The highest BCUT2D eigenvalue weighted by Gasteiger charge is 2.52. The van der Waals surface area contributed by atoms with Crippen LogP contribution < -0.4 is 0 Å². The Bertz CT molecular complexity index is 1420. The van der Waals surface area contributed by atoms with E-state index < -0.39 is 0 Å². The van der Waals surface area contributed by atoms with Crippen LogP contribution in [0.2, 0.25) is 0 Å². The smallest absolute Gasteiger partial charge is 0.400 e. The molecule has 3 aliphatic rings. The van der Waals surface area contributed by atoms with E-state index in [0.29, 0.717) is 0 Å². The number of fused-ring (bicyclic) bond motifs is 2. The predicted octanol–water partition coefficient (Wildman–Crippen LogP) is 10.4. The van der Waals surface area contributed by atoms with E-state index in [2.05, 4.69) is 96.1 Å². The SMILES string of the molecule is Brc1nc2ccccc2s1.C1=C(c2nc3ccccc3s2)CCCC1.CC1(C)OB(C2=CCCCC2)OC1(C)C. The van der Waals surface area contributed by atoms with E-state index in [4.69, 9.17) is 9.31 Å². The van der Waals surface area contributed by atoms with E-state index >= 15 is 0 Å². The topological polar surface area (TPSA) is 44.2 Å². The van der Waals surface area contributed by atoms with Gasteiger partial charge < -0.3 is 9.31 Å². The van der Waals surface area contributed by atoms with Gasteiger partial charge in [0.05, 0.1) is 31.6 Å². The van der Waals surface area contributed by atoms with Gasteiger partial charge >= 0.3 is 7.12 Å². The average molecular weight is 638 g/mol. The second-order valence-corrected chi connectivity index (χ2v) is 14.8. The summed E-state index contributed by atoms with van der Waals surface area (Å²) in [4.78, 5) is 8.93. The van der Waals surface area contributed by atoms with Crippen LogP contribution in [0.15, 0.2) is 70.1 Å². The van der Waals surface area contributed by atoms with Gasteiger partial charge in [0.2, 0.25) is 0 Å². The fraction of sp³-hybridized carbons (Fsp3) is 0.438. The molecule has 0 unspecified atom stereocenters. The normalized spacial score (nSPS) is 19.8. The van der Waals surface area contributed by atoms with Gasteiger partial charge in [-0.15, -0.1) is 22.7 Å². The second-order valence-electron chi connectivity index (χ2n) is 11.5. The van der Waals surface area contributed by atoms with Crippen LogP contribution in [0.1, 0.15) is 84.1 Å². The van der Waals surface area contributed by atoms with E-state index in [1.807, 2.05) is 29.5 Å². The number of thiazole rings is 2. The summed E-state index contributed by atoms with van der Waals surface area (Å²) in [6.07, 6.45) is 14.7. The maximum Gasteiger partial charge on any atom is 0.490 e. The molecule has 4 aromatic rings. The van der Waals surface area contributed by atoms with E-state index in [9.17, 15) is 0 Å². The third-order valence-electron chi connectivity index (χ3n) is 8.01. The zero-order chi connectivity index (χ0) is 28.2. The highest BCUT2D eigenvalue weighted by Crippen LogP contribution is 2.40. The van der Waals surface area contributed by atoms with Crippen molar-refractivity contribution < 1.29 is 9.31 Å². The lowest BCUT2D eigenvalue weighted by Crippen LogP contribution is -2.41. The van der Waals surface area contributed by atoms with Gasteiger partial charge in [-0.2, -0.15) is 0 Å². The van der Waals surface area contributed by atoms with Gasteiger partial charge in [-0.05, 0) is 130 Å². The standard InChI is InChI=1S/C13H13NS.C12H21BO2.C7H4BrNS/c1-2-6-10(7-3-1)13-14-11-8-4-5-9-12(11)15-13;1-11(2)12(3,4)15-13(14-11)10-8-6-5-7-9-10;8-7-9-5-3-1-2-4-6(5)10-7/h4-6,8-9H,1-3,7H2;8H,5-7,9H2,1-4H3;1-4H. The van der Waals surface area contributed by atoms with Gasteiger partial charge in [-0.3, -0.25) is 0 Å². The number of benzene rings is 2. The number of nitrogens with zero attached hydrogens (tertiary/aromatic N) is 2. The zero-order valence-corrected chi connectivity index (χ0v) is 27.1. The maximum absolute atomic E-state index is 6.01. The lowest BCUT2D eigenvalue weighted by molar-refractivity contribution is 0.00578. The first-order valence-electron chi connectivity index (χ1n) is 14.3. The number of halogens is 1. The van der Waals surface area contributed by atoms with Crippen molar-refractivity contribution in [1.82, 2.24) is 9.97 Å². The summed E-state index contributed by atoms with van der Waals surface area (Å²) >= 11 is 6.81. The number of aromatic nitrogens is 2.